The van der Waals surface area contributed by atoms with Crippen LogP contribution >= 0.6 is 31.9 Å². The van der Waals surface area contributed by atoms with E-state index in [1.165, 1.54) is 0 Å². The van der Waals surface area contributed by atoms with Gasteiger partial charge >= 0.3 is 0 Å². The third kappa shape index (κ3) is 3.57. The van der Waals surface area contributed by atoms with Gasteiger partial charge < -0.3 is 10.1 Å². The zero-order valence-corrected chi connectivity index (χ0v) is 16.3. The van der Waals surface area contributed by atoms with E-state index in [1.807, 2.05) is 18.2 Å². The highest BCUT2D eigenvalue weighted by Gasteiger charge is 2.40. The number of ether oxygens (including phenoxy) is 1. The fourth-order valence-electron chi connectivity index (χ4n) is 3.07. The van der Waals surface area contributed by atoms with Crippen molar-refractivity contribution in [3.05, 3.63) is 28.2 Å². The SMILES string of the molecule is CC(C)C1NNC(C(=O)NC2CCOc3ccc(Br)cc32)C1Br. The number of hydrazine groups is 1. The molecule has 2 heterocycles. The summed E-state index contributed by atoms with van der Waals surface area (Å²) in [5.74, 6) is 1.28. The lowest BCUT2D eigenvalue weighted by atomic mass is 9.97. The summed E-state index contributed by atoms with van der Waals surface area (Å²) in [6, 6.07) is 5.82. The second-order valence-electron chi connectivity index (χ2n) is 6.36. The van der Waals surface area contributed by atoms with Crippen molar-refractivity contribution in [3.63, 3.8) is 0 Å². The van der Waals surface area contributed by atoms with Crippen LogP contribution in [0.2, 0.25) is 0 Å². The maximum atomic E-state index is 12.7. The Labute approximate surface area is 153 Å². The molecule has 3 N–H and O–H groups in total. The van der Waals surface area contributed by atoms with Gasteiger partial charge in [-0.2, -0.15) is 0 Å². The van der Waals surface area contributed by atoms with Crippen molar-refractivity contribution in [1.82, 2.24) is 16.2 Å². The molecule has 4 unspecified atom stereocenters. The highest BCUT2D eigenvalue weighted by Crippen LogP contribution is 2.34. The summed E-state index contributed by atoms with van der Waals surface area (Å²) in [6.45, 7) is 4.89. The number of alkyl halides is 1. The smallest absolute Gasteiger partial charge is 0.240 e. The number of nitrogens with one attached hydrogen (secondary N) is 3. The third-order valence-corrected chi connectivity index (χ3v) is 5.99. The molecule has 1 amide bonds. The summed E-state index contributed by atoms with van der Waals surface area (Å²) in [5.41, 5.74) is 7.35. The van der Waals surface area contributed by atoms with Gasteiger partial charge in [0.2, 0.25) is 5.91 Å². The fourth-order valence-corrected chi connectivity index (χ4v) is 4.57. The van der Waals surface area contributed by atoms with Crippen LogP contribution in [0.4, 0.5) is 0 Å². The van der Waals surface area contributed by atoms with Crippen LogP contribution in [0.5, 0.6) is 5.75 Å². The lowest BCUT2D eigenvalue weighted by Crippen LogP contribution is -2.47. The molecule has 3 rings (SSSR count). The second kappa shape index (κ2) is 7.09. The van der Waals surface area contributed by atoms with Gasteiger partial charge in [0.15, 0.2) is 0 Å². The predicted molar refractivity (Wildman–Crippen MR) is 96.5 cm³/mol. The number of hydrogen-bond donors (Lipinski definition) is 3. The molecule has 0 aromatic heterocycles. The Hall–Kier alpha value is -0.630. The molecular formula is C16H21Br2N3O2. The number of halogens is 2. The van der Waals surface area contributed by atoms with E-state index in [0.717, 1.165) is 22.2 Å². The van der Waals surface area contributed by atoms with Crippen LogP contribution in [0.3, 0.4) is 0 Å². The van der Waals surface area contributed by atoms with Crippen molar-refractivity contribution in [3.8, 4) is 5.75 Å². The molecule has 0 aliphatic carbocycles. The van der Waals surface area contributed by atoms with E-state index in [4.69, 9.17) is 4.74 Å². The lowest BCUT2D eigenvalue weighted by Gasteiger charge is -2.28. The zero-order chi connectivity index (χ0) is 16.6. The van der Waals surface area contributed by atoms with Crippen LogP contribution in [0.1, 0.15) is 31.9 Å². The van der Waals surface area contributed by atoms with Gasteiger partial charge in [-0.05, 0) is 24.1 Å². The molecule has 2 aliphatic heterocycles. The molecule has 1 aromatic carbocycles. The van der Waals surface area contributed by atoms with Crippen LogP contribution in [0, 0.1) is 5.92 Å². The van der Waals surface area contributed by atoms with Gasteiger partial charge in [-0.15, -0.1) is 0 Å². The zero-order valence-electron chi connectivity index (χ0n) is 13.1. The molecule has 23 heavy (non-hydrogen) atoms. The van der Waals surface area contributed by atoms with Gasteiger partial charge in [0.25, 0.3) is 0 Å². The molecule has 1 saturated heterocycles. The Kier molecular flexibility index (Phi) is 5.30. The van der Waals surface area contributed by atoms with Gasteiger partial charge in [0.05, 0.1) is 17.5 Å². The van der Waals surface area contributed by atoms with Gasteiger partial charge in [0.1, 0.15) is 11.8 Å². The van der Waals surface area contributed by atoms with Crippen LogP contribution < -0.4 is 20.9 Å². The van der Waals surface area contributed by atoms with E-state index in [-0.39, 0.29) is 28.9 Å². The van der Waals surface area contributed by atoms with E-state index in [0.29, 0.717) is 12.5 Å². The molecule has 4 atom stereocenters. The van der Waals surface area contributed by atoms with Crippen LogP contribution in [0.25, 0.3) is 0 Å². The topological polar surface area (TPSA) is 62.4 Å². The number of carbonyl (C=O) groups is 1. The average Bonchev–Trinajstić information content (AvgIpc) is 2.90. The summed E-state index contributed by atoms with van der Waals surface area (Å²) in [5, 5.41) is 3.16. The van der Waals surface area contributed by atoms with Gasteiger partial charge in [-0.25, -0.2) is 5.43 Å². The van der Waals surface area contributed by atoms with E-state index in [9.17, 15) is 4.79 Å². The Morgan fingerprint density at radius 3 is 2.87 bits per heavy atom. The number of hydrogen-bond acceptors (Lipinski definition) is 4. The number of benzene rings is 1. The molecule has 0 saturated carbocycles. The van der Waals surface area contributed by atoms with Crippen molar-refractivity contribution in [2.24, 2.45) is 5.92 Å². The van der Waals surface area contributed by atoms with E-state index in [1.54, 1.807) is 0 Å². The minimum atomic E-state index is -0.291. The molecule has 126 valence electrons. The Balaban J connectivity index is 1.71. The van der Waals surface area contributed by atoms with Crippen molar-refractivity contribution >= 4 is 37.8 Å². The largest absolute Gasteiger partial charge is 0.493 e. The minimum Gasteiger partial charge on any atom is -0.493 e. The first-order chi connectivity index (χ1) is 11.0. The van der Waals surface area contributed by atoms with Crippen LogP contribution in [0.15, 0.2) is 22.7 Å². The van der Waals surface area contributed by atoms with E-state index < -0.39 is 0 Å². The normalized spacial score (nSPS) is 30.0. The first-order valence-corrected chi connectivity index (χ1v) is 9.56. The maximum absolute atomic E-state index is 12.7. The second-order valence-corrected chi connectivity index (χ2v) is 8.33. The number of fused-ring (bicyclic) bond motifs is 1. The molecule has 2 aliphatic rings. The highest BCUT2D eigenvalue weighted by molar-refractivity contribution is 9.10. The van der Waals surface area contributed by atoms with Gasteiger partial charge in [-0.3, -0.25) is 10.2 Å². The maximum Gasteiger partial charge on any atom is 0.240 e. The minimum absolute atomic E-state index is 0.000325. The van der Waals surface area contributed by atoms with Gasteiger partial charge in [0, 0.05) is 22.5 Å². The molecule has 1 fully saturated rings. The van der Waals surface area contributed by atoms with Crippen LogP contribution in [-0.2, 0) is 4.79 Å². The number of carbonyl (C=O) groups excluding carboxylic acids is 1. The van der Waals surface area contributed by atoms with Crippen molar-refractivity contribution < 1.29 is 9.53 Å². The predicted octanol–water partition coefficient (Wildman–Crippen LogP) is 2.65. The highest BCUT2D eigenvalue weighted by atomic mass is 79.9. The Bertz CT molecular complexity index is 597. The molecule has 7 heteroatoms. The molecular weight excluding hydrogens is 426 g/mol. The summed E-state index contributed by atoms with van der Waals surface area (Å²) in [4.78, 5) is 12.8. The number of amides is 1. The van der Waals surface area contributed by atoms with Crippen molar-refractivity contribution in [2.45, 2.75) is 43.2 Å². The van der Waals surface area contributed by atoms with Gasteiger partial charge in [-0.1, -0.05) is 45.7 Å². The lowest BCUT2D eigenvalue weighted by molar-refractivity contribution is -0.123. The fraction of sp³-hybridized carbons (Fsp3) is 0.562. The molecule has 0 bridgehead atoms. The van der Waals surface area contributed by atoms with Crippen molar-refractivity contribution in [1.29, 1.82) is 0 Å². The summed E-state index contributed by atoms with van der Waals surface area (Å²) in [7, 11) is 0. The molecule has 0 radical (unpaired) electrons. The summed E-state index contributed by atoms with van der Waals surface area (Å²) in [6.07, 6.45) is 0.774. The monoisotopic (exact) mass is 445 g/mol. The first kappa shape index (κ1) is 17.2. The Morgan fingerprint density at radius 2 is 2.17 bits per heavy atom. The van der Waals surface area contributed by atoms with E-state index >= 15 is 0 Å². The first-order valence-electron chi connectivity index (χ1n) is 7.85. The molecule has 1 aromatic rings. The quantitative estimate of drug-likeness (QED) is 0.624. The Morgan fingerprint density at radius 1 is 1.39 bits per heavy atom. The molecule has 5 nitrogen and oxygen atoms in total. The molecule has 0 spiro atoms. The van der Waals surface area contributed by atoms with E-state index in [2.05, 4.69) is 61.9 Å². The van der Waals surface area contributed by atoms with Crippen LogP contribution in [-0.4, -0.2) is 29.4 Å². The standard InChI is InChI=1S/C16H21Br2N3O2/c1-8(2)14-13(18)15(21-20-14)16(22)19-11-5-6-23-12-4-3-9(17)7-10(11)12/h3-4,7-8,11,13-15,20-21H,5-6H2,1-2H3,(H,19,22). The summed E-state index contributed by atoms with van der Waals surface area (Å²) < 4.78 is 6.66. The van der Waals surface area contributed by atoms with Crippen molar-refractivity contribution in [2.75, 3.05) is 6.61 Å². The summed E-state index contributed by atoms with van der Waals surface area (Å²) >= 11 is 7.15. The number of rotatable bonds is 3. The third-order valence-electron chi connectivity index (χ3n) is 4.40. The average molecular weight is 447 g/mol.